The quantitative estimate of drug-likeness (QED) is 0.846. The molecular formula is C17H17NO2. The number of anilines is 1. The number of carbonyl (C=O) groups is 1. The first-order valence-electron chi connectivity index (χ1n) is 6.72. The topological polar surface area (TPSA) is 38.3 Å². The Morgan fingerprint density at radius 3 is 2.65 bits per heavy atom. The van der Waals surface area contributed by atoms with Gasteiger partial charge in [-0.1, -0.05) is 42.0 Å². The number of fused-ring (bicyclic) bond motifs is 1. The van der Waals surface area contributed by atoms with Gasteiger partial charge in [-0.3, -0.25) is 0 Å². The van der Waals surface area contributed by atoms with E-state index in [2.05, 4.69) is 42.6 Å². The zero-order valence-electron chi connectivity index (χ0n) is 11.6. The average Bonchev–Trinajstić information content (AvgIpc) is 2.91. The number of methoxy groups -OCH3 is 1. The van der Waals surface area contributed by atoms with E-state index in [1.807, 2.05) is 6.07 Å². The molecular weight excluding hydrogens is 250 g/mol. The monoisotopic (exact) mass is 267 g/mol. The number of carbonyl (C=O) groups excluding carboxylic acids is 1. The van der Waals surface area contributed by atoms with E-state index < -0.39 is 0 Å². The van der Waals surface area contributed by atoms with Gasteiger partial charge in [0.2, 0.25) is 0 Å². The summed E-state index contributed by atoms with van der Waals surface area (Å²) in [6.07, 6.45) is 0.892. The molecule has 3 heteroatoms. The van der Waals surface area contributed by atoms with E-state index in [9.17, 15) is 4.79 Å². The molecule has 0 amide bonds. The third kappa shape index (κ3) is 2.16. The Bertz CT molecular complexity index is 647. The molecule has 3 rings (SSSR count). The van der Waals surface area contributed by atoms with Gasteiger partial charge in [0.05, 0.1) is 24.4 Å². The first kappa shape index (κ1) is 12.7. The standard InChI is InChI=1S/C17H17NO2/c1-11-6-8-12(9-7-11)15-10-13-4-3-5-14(16(13)18-15)17(19)20-2/h3-9,15,18H,10H2,1-2H3/t15-/m1/s1. The smallest absolute Gasteiger partial charge is 0.339 e. The summed E-state index contributed by atoms with van der Waals surface area (Å²) in [5.41, 5.74) is 5.17. The van der Waals surface area contributed by atoms with Gasteiger partial charge in [-0.15, -0.1) is 0 Å². The minimum absolute atomic E-state index is 0.219. The molecule has 2 aromatic rings. The van der Waals surface area contributed by atoms with Crippen molar-refractivity contribution in [3.05, 3.63) is 64.7 Å². The molecule has 0 saturated heterocycles. The van der Waals surface area contributed by atoms with Crippen LogP contribution in [0.1, 0.15) is 33.1 Å². The molecule has 0 unspecified atom stereocenters. The predicted octanol–water partition coefficient (Wildman–Crippen LogP) is 3.49. The number of rotatable bonds is 2. The normalized spacial score (nSPS) is 16.4. The number of para-hydroxylation sites is 1. The summed E-state index contributed by atoms with van der Waals surface area (Å²) in [6, 6.07) is 14.5. The van der Waals surface area contributed by atoms with Crippen LogP contribution >= 0.6 is 0 Å². The van der Waals surface area contributed by atoms with Crippen molar-refractivity contribution in [1.82, 2.24) is 0 Å². The minimum Gasteiger partial charge on any atom is -0.465 e. The van der Waals surface area contributed by atoms with Gasteiger partial charge < -0.3 is 10.1 Å². The summed E-state index contributed by atoms with van der Waals surface area (Å²) in [6.45, 7) is 2.08. The average molecular weight is 267 g/mol. The molecule has 0 spiro atoms. The highest BCUT2D eigenvalue weighted by Gasteiger charge is 2.26. The van der Waals surface area contributed by atoms with Gasteiger partial charge in [0, 0.05) is 0 Å². The van der Waals surface area contributed by atoms with E-state index >= 15 is 0 Å². The van der Waals surface area contributed by atoms with Gasteiger partial charge in [0.25, 0.3) is 0 Å². The van der Waals surface area contributed by atoms with Gasteiger partial charge in [0.15, 0.2) is 0 Å². The molecule has 3 nitrogen and oxygen atoms in total. The molecule has 2 aromatic carbocycles. The van der Waals surface area contributed by atoms with Crippen molar-refractivity contribution in [2.75, 3.05) is 12.4 Å². The van der Waals surface area contributed by atoms with Crippen molar-refractivity contribution in [1.29, 1.82) is 0 Å². The van der Waals surface area contributed by atoms with Crippen LogP contribution in [0.25, 0.3) is 0 Å². The summed E-state index contributed by atoms with van der Waals surface area (Å²) in [7, 11) is 1.41. The molecule has 1 aliphatic rings. The van der Waals surface area contributed by atoms with Crippen molar-refractivity contribution in [2.24, 2.45) is 0 Å². The highest BCUT2D eigenvalue weighted by molar-refractivity contribution is 5.97. The van der Waals surface area contributed by atoms with Crippen LogP contribution < -0.4 is 5.32 Å². The lowest BCUT2D eigenvalue weighted by molar-refractivity contribution is 0.0602. The van der Waals surface area contributed by atoms with Crippen LogP contribution in [0, 0.1) is 6.92 Å². The summed E-state index contributed by atoms with van der Waals surface area (Å²) < 4.78 is 4.84. The van der Waals surface area contributed by atoms with Crippen LogP contribution in [0.3, 0.4) is 0 Å². The molecule has 0 aliphatic carbocycles. The van der Waals surface area contributed by atoms with Crippen molar-refractivity contribution in [3.63, 3.8) is 0 Å². The fraction of sp³-hybridized carbons (Fsp3) is 0.235. The van der Waals surface area contributed by atoms with Crippen LogP contribution in [0.2, 0.25) is 0 Å². The Hall–Kier alpha value is -2.29. The number of benzene rings is 2. The molecule has 1 heterocycles. The number of hydrogen-bond acceptors (Lipinski definition) is 3. The van der Waals surface area contributed by atoms with E-state index in [4.69, 9.17) is 4.74 Å². The van der Waals surface area contributed by atoms with Crippen molar-refractivity contribution in [3.8, 4) is 0 Å². The van der Waals surface area contributed by atoms with Crippen LogP contribution in [0.4, 0.5) is 5.69 Å². The molecule has 20 heavy (non-hydrogen) atoms. The van der Waals surface area contributed by atoms with E-state index in [1.165, 1.54) is 23.8 Å². The van der Waals surface area contributed by atoms with Gasteiger partial charge in [0.1, 0.15) is 0 Å². The Balaban J connectivity index is 1.92. The number of esters is 1. The Morgan fingerprint density at radius 1 is 1.20 bits per heavy atom. The highest BCUT2D eigenvalue weighted by atomic mass is 16.5. The minimum atomic E-state index is -0.293. The maximum Gasteiger partial charge on any atom is 0.339 e. The molecule has 0 fully saturated rings. The van der Waals surface area contributed by atoms with Gasteiger partial charge >= 0.3 is 5.97 Å². The number of nitrogens with one attached hydrogen (secondary N) is 1. The molecule has 0 aromatic heterocycles. The van der Waals surface area contributed by atoms with Gasteiger partial charge in [-0.05, 0) is 30.5 Å². The molecule has 0 bridgehead atoms. The molecule has 0 saturated carbocycles. The van der Waals surface area contributed by atoms with Crippen LogP contribution in [0.5, 0.6) is 0 Å². The second-order valence-corrected chi connectivity index (χ2v) is 5.14. The van der Waals surface area contributed by atoms with E-state index in [1.54, 1.807) is 6.07 Å². The Labute approximate surface area is 118 Å². The largest absolute Gasteiger partial charge is 0.465 e. The zero-order chi connectivity index (χ0) is 14.1. The van der Waals surface area contributed by atoms with E-state index in [-0.39, 0.29) is 12.0 Å². The van der Waals surface area contributed by atoms with Crippen molar-refractivity contribution < 1.29 is 9.53 Å². The third-order valence-corrected chi connectivity index (χ3v) is 3.78. The fourth-order valence-corrected chi connectivity index (χ4v) is 2.67. The maximum atomic E-state index is 11.8. The third-order valence-electron chi connectivity index (χ3n) is 3.78. The lowest BCUT2D eigenvalue weighted by Gasteiger charge is -2.13. The van der Waals surface area contributed by atoms with Crippen LogP contribution in [-0.2, 0) is 11.2 Å². The number of hydrogen-bond donors (Lipinski definition) is 1. The van der Waals surface area contributed by atoms with E-state index in [0.717, 1.165) is 12.1 Å². The summed E-state index contributed by atoms with van der Waals surface area (Å²) in [4.78, 5) is 11.8. The van der Waals surface area contributed by atoms with E-state index in [0.29, 0.717) is 5.56 Å². The van der Waals surface area contributed by atoms with Crippen molar-refractivity contribution >= 4 is 11.7 Å². The lowest BCUT2D eigenvalue weighted by Crippen LogP contribution is -2.08. The summed E-state index contributed by atoms with van der Waals surface area (Å²) >= 11 is 0. The Morgan fingerprint density at radius 2 is 1.95 bits per heavy atom. The van der Waals surface area contributed by atoms with Crippen LogP contribution in [0.15, 0.2) is 42.5 Å². The lowest BCUT2D eigenvalue weighted by atomic mass is 10.0. The van der Waals surface area contributed by atoms with Crippen LogP contribution in [-0.4, -0.2) is 13.1 Å². The Kier molecular flexibility index (Phi) is 3.18. The predicted molar refractivity (Wildman–Crippen MR) is 79.0 cm³/mol. The second kappa shape index (κ2) is 5.00. The van der Waals surface area contributed by atoms with Gasteiger partial charge in [-0.2, -0.15) is 0 Å². The maximum absolute atomic E-state index is 11.8. The SMILES string of the molecule is COC(=O)c1cccc2c1N[C@@H](c1ccc(C)cc1)C2. The van der Waals surface area contributed by atoms with Gasteiger partial charge in [-0.25, -0.2) is 4.79 Å². The molecule has 1 N–H and O–H groups in total. The molecule has 1 aliphatic heterocycles. The first-order valence-corrected chi connectivity index (χ1v) is 6.72. The van der Waals surface area contributed by atoms with Crippen molar-refractivity contribution in [2.45, 2.75) is 19.4 Å². The molecule has 1 atom stereocenters. The summed E-state index contributed by atoms with van der Waals surface area (Å²) in [5.74, 6) is -0.293. The number of ether oxygens (including phenoxy) is 1. The fourth-order valence-electron chi connectivity index (χ4n) is 2.67. The first-order chi connectivity index (χ1) is 9.69. The molecule has 0 radical (unpaired) electrons. The summed E-state index contributed by atoms with van der Waals surface area (Å²) in [5, 5.41) is 3.45. The second-order valence-electron chi connectivity index (χ2n) is 5.14. The highest BCUT2D eigenvalue weighted by Crippen LogP contribution is 2.36. The molecule has 102 valence electrons. The number of aryl methyl sites for hydroxylation is 1. The zero-order valence-corrected chi connectivity index (χ0v) is 11.6.